The van der Waals surface area contributed by atoms with Gasteiger partial charge in [0, 0.05) is 29.2 Å². The predicted octanol–water partition coefficient (Wildman–Crippen LogP) is 1.55. The summed E-state index contributed by atoms with van der Waals surface area (Å²) < 4.78 is 27.1. The highest BCUT2D eigenvalue weighted by Gasteiger charge is 2.35. The zero-order valence-electron chi connectivity index (χ0n) is 12.2. The second kappa shape index (κ2) is 6.41. The average molecular weight is 325 g/mol. The first kappa shape index (κ1) is 16.4. The molecule has 21 heavy (non-hydrogen) atoms. The third-order valence-corrected chi connectivity index (χ3v) is 6.40. The summed E-state index contributed by atoms with van der Waals surface area (Å²) in [5.74, 6) is 6.02. The molecule has 0 amide bonds. The maximum absolute atomic E-state index is 12.8. The summed E-state index contributed by atoms with van der Waals surface area (Å²) in [5, 5.41) is 8.80. The lowest BCUT2D eigenvalue weighted by Crippen LogP contribution is -2.46. The van der Waals surface area contributed by atoms with E-state index >= 15 is 0 Å². The number of benzene rings is 1. The summed E-state index contributed by atoms with van der Waals surface area (Å²) in [6.07, 6.45) is 0. The van der Waals surface area contributed by atoms with Crippen molar-refractivity contribution in [1.29, 1.82) is 0 Å². The number of aliphatic hydroxyl groups is 1. The fourth-order valence-corrected chi connectivity index (χ4v) is 5.31. The minimum atomic E-state index is -3.56. The molecule has 1 aromatic carbocycles. The molecule has 0 bridgehead atoms. The van der Waals surface area contributed by atoms with Gasteiger partial charge in [-0.2, -0.15) is 16.1 Å². The van der Waals surface area contributed by atoms with E-state index in [1.165, 1.54) is 4.31 Å². The molecular weight excluding hydrogens is 306 g/mol. The van der Waals surface area contributed by atoms with Gasteiger partial charge in [0.1, 0.15) is 6.61 Å². The van der Waals surface area contributed by atoms with Crippen molar-refractivity contribution in [2.24, 2.45) is 0 Å². The SMILES string of the molecule is CC1(C)CN(S(=O)(=O)c2ccccc2C#CCO)CCS1. The van der Waals surface area contributed by atoms with Gasteiger partial charge in [0.2, 0.25) is 10.0 Å². The standard InChI is InChI=1S/C15H19NO3S2/c1-15(2)12-16(9-11-20-15)21(18,19)14-8-4-3-6-13(14)7-5-10-17/h3-4,6,8,17H,9-12H2,1-2H3. The number of thioether (sulfide) groups is 1. The van der Waals surface area contributed by atoms with Crippen LogP contribution in [0, 0.1) is 11.8 Å². The fourth-order valence-electron chi connectivity index (χ4n) is 2.25. The number of aliphatic hydroxyl groups excluding tert-OH is 1. The lowest BCUT2D eigenvalue weighted by Gasteiger charge is -2.36. The summed E-state index contributed by atoms with van der Waals surface area (Å²) in [4.78, 5) is 0.216. The summed E-state index contributed by atoms with van der Waals surface area (Å²) >= 11 is 1.79. The van der Waals surface area contributed by atoms with Gasteiger partial charge in [-0.15, -0.1) is 0 Å². The highest BCUT2D eigenvalue weighted by atomic mass is 32.2. The van der Waals surface area contributed by atoms with Gasteiger partial charge in [0.05, 0.1) is 4.90 Å². The summed E-state index contributed by atoms with van der Waals surface area (Å²) in [5.41, 5.74) is 0.433. The van der Waals surface area contributed by atoms with Gasteiger partial charge >= 0.3 is 0 Å². The van der Waals surface area contributed by atoms with Crippen molar-refractivity contribution in [3.8, 4) is 11.8 Å². The highest BCUT2D eigenvalue weighted by Crippen LogP contribution is 2.32. The maximum atomic E-state index is 12.8. The van der Waals surface area contributed by atoms with E-state index in [4.69, 9.17) is 5.11 Å². The molecule has 1 fully saturated rings. The molecule has 1 heterocycles. The molecule has 0 aliphatic carbocycles. The zero-order valence-corrected chi connectivity index (χ0v) is 13.8. The van der Waals surface area contributed by atoms with Crippen molar-refractivity contribution in [3.63, 3.8) is 0 Å². The molecule has 1 saturated heterocycles. The summed E-state index contributed by atoms with van der Waals surface area (Å²) in [7, 11) is -3.56. The van der Waals surface area contributed by atoms with Gasteiger partial charge in [-0.25, -0.2) is 8.42 Å². The molecule has 114 valence electrons. The van der Waals surface area contributed by atoms with Gasteiger partial charge in [-0.1, -0.05) is 24.0 Å². The molecule has 0 unspecified atom stereocenters. The third kappa shape index (κ3) is 3.80. The monoisotopic (exact) mass is 325 g/mol. The van der Waals surface area contributed by atoms with E-state index in [1.807, 2.05) is 0 Å². The lowest BCUT2D eigenvalue weighted by molar-refractivity contribution is 0.350. The lowest BCUT2D eigenvalue weighted by atomic mass is 10.2. The Bertz CT molecular complexity index is 672. The Morgan fingerprint density at radius 1 is 1.38 bits per heavy atom. The number of rotatable bonds is 2. The maximum Gasteiger partial charge on any atom is 0.244 e. The van der Waals surface area contributed by atoms with E-state index in [1.54, 1.807) is 36.0 Å². The largest absolute Gasteiger partial charge is 0.384 e. The zero-order chi connectivity index (χ0) is 15.5. The molecule has 1 N–H and O–H groups in total. The molecule has 1 aliphatic rings. The molecule has 4 nitrogen and oxygen atoms in total. The Labute approximate surface area is 130 Å². The smallest absolute Gasteiger partial charge is 0.244 e. The summed E-state index contributed by atoms with van der Waals surface area (Å²) in [6, 6.07) is 6.68. The Kier molecular flexibility index (Phi) is 4.99. The van der Waals surface area contributed by atoms with Crippen molar-refractivity contribution in [3.05, 3.63) is 29.8 Å². The third-order valence-electron chi connectivity index (χ3n) is 3.20. The van der Waals surface area contributed by atoms with Crippen LogP contribution >= 0.6 is 11.8 Å². The van der Waals surface area contributed by atoms with Crippen LogP contribution in [0.4, 0.5) is 0 Å². The molecule has 0 spiro atoms. The molecule has 0 radical (unpaired) electrons. The van der Waals surface area contributed by atoms with Crippen LogP contribution in [0.1, 0.15) is 19.4 Å². The van der Waals surface area contributed by atoms with E-state index < -0.39 is 10.0 Å². The van der Waals surface area contributed by atoms with Crippen LogP contribution in [0.2, 0.25) is 0 Å². The number of nitrogens with zero attached hydrogens (tertiary/aromatic N) is 1. The van der Waals surface area contributed by atoms with Crippen LogP contribution in [0.25, 0.3) is 0 Å². The van der Waals surface area contributed by atoms with Crippen LogP contribution in [0.3, 0.4) is 0 Å². The van der Waals surface area contributed by atoms with Gasteiger partial charge < -0.3 is 5.11 Å². The Morgan fingerprint density at radius 2 is 2.10 bits per heavy atom. The molecular formula is C15H19NO3S2. The molecule has 1 aromatic rings. The van der Waals surface area contributed by atoms with E-state index in [0.717, 1.165) is 5.75 Å². The summed E-state index contributed by atoms with van der Waals surface area (Å²) in [6.45, 7) is 4.81. The van der Waals surface area contributed by atoms with Crippen molar-refractivity contribution < 1.29 is 13.5 Å². The molecule has 2 rings (SSSR count). The second-order valence-electron chi connectivity index (χ2n) is 5.40. The first-order valence-electron chi connectivity index (χ1n) is 6.70. The van der Waals surface area contributed by atoms with E-state index in [9.17, 15) is 8.42 Å². The number of sulfonamides is 1. The van der Waals surface area contributed by atoms with Crippen LogP contribution in [-0.4, -0.2) is 48.0 Å². The minimum absolute atomic E-state index is 0.0863. The average Bonchev–Trinajstić information content (AvgIpc) is 2.44. The predicted molar refractivity (Wildman–Crippen MR) is 85.7 cm³/mol. The molecule has 6 heteroatoms. The van der Waals surface area contributed by atoms with Gasteiger partial charge in [-0.05, 0) is 26.0 Å². The highest BCUT2D eigenvalue weighted by molar-refractivity contribution is 8.00. The van der Waals surface area contributed by atoms with Crippen molar-refractivity contribution in [2.45, 2.75) is 23.5 Å². The first-order valence-corrected chi connectivity index (χ1v) is 9.12. The minimum Gasteiger partial charge on any atom is -0.384 e. The molecule has 0 aromatic heterocycles. The van der Waals surface area contributed by atoms with Crippen LogP contribution in [0.15, 0.2) is 29.2 Å². The Hall–Kier alpha value is -1.00. The van der Waals surface area contributed by atoms with Crippen molar-refractivity contribution in [1.82, 2.24) is 4.31 Å². The number of hydrogen-bond acceptors (Lipinski definition) is 4. The molecule has 0 saturated carbocycles. The normalized spacial score (nSPS) is 18.8. The topological polar surface area (TPSA) is 57.6 Å². The molecule has 1 aliphatic heterocycles. The molecule has 0 atom stereocenters. The second-order valence-corrected chi connectivity index (χ2v) is 9.11. The van der Waals surface area contributed by atoms with Gasteiger partial charge in [-0.3, -0.25) is 0 Å². The fraction of sp³-hybridized carbons (Fsp3) is 0.467. The van der Waals surface area contributed by atoms with Crippen LogP contribution < -0.4 is 0 Å². The van der Waals surface area contributed by atoms with Crippen LogP contribution in [-0.2, 0) is 10.0 Å². The van der Waals surface area contributed by atoms with Gasteiger partial charge in [0.25, 0.3) is 0 Å². The van der Waals surface area contributed by atoms with E-state index in [0.29, 0.717) is 18.7 Å². The van der Waals surface area contributed by atoms with Crippen molar-refractivity contribution >= 4 is 21.8 Å². The van der Waals surface area contributed by atoms with Gasteiger partial charge in [0.15, 0.2) is 0 Å². The quantitative estimate of drug-likeness (QED) is 0.838. The number of hydrogen-bond donors (Lipinski definition) is 1. The van der Waals surface area contributed by atoms with Crippen LogP contribution in [0.5, 0.6) is 0 Å². The van der Waals surface area contributed by atoms with Crippen molar-refractivity contribution in [2.75, 3.05) is 25.4 Å². The van der Waals surface area contributed by atoms with E-state index in [2.05, 4.69) is 25.7 Å². The Morgan fingerprint density at radius 3 is 2.76 bits per heavy atom. The van der Waals surface area contributed by atoms with E-state index in [-0.39, 0.29) is 16.2 Å². The Balaban J connectivity index is 2.40. The first-order chi connectivity index (χ1) is 9.87.